The third-order valence-corrected chi connectivity index (χ3v) is 3.24. The molecule has 0 heterocycles. The lowest BCUT2D eigenvalue weighted by Gasteiger charge is -2.26. The predicted molar refractivity (Wildman–Crippen MR) is 81.5 cm³/mol. The van der Waals surface area contributed by atoms with Gasteiger partial charge in [0.05, 0.1) is 11.4 Å². The number of nitrogen functional groups attached to an aromatic ring is 1. The van der Waals surface area contributed by atoms with Gasteiger partial charge in [0.15, 0.2) is 0 Å². The fraction of sp³-hybridized carbons (Fsp3) is 0.133. The first-order valence-corrected chi connectivity index (χ1v) is 6.58. The summed E-state index contributed by atoms with van der Waals surface area (Å²) in [5.41, 5.74) is 7.17. The molecule has 0 aliphatic heterocycles. The fourth-order valence-electron chi connectivity index (χ4n) is 2.10. The smallest absolute Gasteiger partial charge is 0.146 e. The van der Waals surface area contributed by atoms with E-state index in [0.29, 0.717) is 28.5 Å². The first-order valence-electron chi connectivity index (χ1n) is 6.20. The van der Waals surface area contributed by atoms with Crippen molar-refractivity contribution in [1.29, 1.82) is 5.41 Å². The van der Waals surface area contributed by atoms with Gasteiger partial charge in [0.1, 0.15) is 11.7 Å². The second-order valence-electron chi connectivity index (χ2n) is 4.27. The number of para-hydroxylation sites is 1. The van der Waals surface area contributed by atoms with E-state index in [1.54, 1.807) is 41.3 Å². The number of hydrogen-bond donors (Lipinski definition) is 2. The highest BCUT2D eigenvalue weighted by molar-refractivity contribution is 6.31. The number of rotatable bonds is 4. The molecular formula is C15H15ClFN3. The lowest BCUT2D eigenvalue weighted by Crippen LogP contribution is -2.22. The van der Waals surface area contributed by atoms with Crippen LogP contribution in [-0.4, -0.2) is 12.4 Å². The Kier molecular flexibility index (Phi) is 4.25. The van der Waals surface area contributed by atoms with Crippen LogP contribution in [0.2, 0.25) is 5.02 Å². The normalized spacial score (nSPS) is 10.3. The monoisotopic (exact) mass is 291 g/mol. The number of nitrogens with two attached hydrogens (primary N) is 1. The summed E-state index contributed by atoms with van der Waals surface area (Å²) in [6.45, 7) is 2.43. The van der Waals surface area contributed by atoms with E-state index < -0.39 is 0 Å². The number of nitrogens with one attached hydrogen (secondary N) is 1. The van der Waals surface area contributed by atoms with E-state index in [2.05, 4.69) is 0 Å². The zero-order valence-electron chi connectivity index (χ0n) is 11.0. The van der Waals surface area contributed by atoms with Gasteiger partial charge in [-0.1, -0.05) is 23.7 Å². The second kappa shape index (κ2) is 5.92. The van der Waals surface area contributed by atoms with Crippen molar-refractivity contribution in [3.63, 3.8) is 0 Å². The molecule has 2 rings (SSSR count). The summed E-state index contributed by atoms with van der Waals surface area (Å²) in [4.78, 5) is 1.75. The van der Waals surface area contributed by atoms with E-state index in [-0.39, 0.29) is 11.7 Å². The Hall–Kier alpha value is -2.07. The van der Waals surface area contributed by atoms with E-state index >= 15 is 0 Å². The highest BCUT2D eigenvalue weighted by Gasteiger charge is 2.16. The van der Waals surface area contributed by atoms with Crippen LogP contribution in [0.1, 0.15) is 12.5 Å². The van der Waals surface area contributed by atoms with Gasteiger partial charge >= 0.3 is 0 Å². The van der Waals surface area contributed by atoms with E-state index in [0.717, 1.165) is 0 Å². The number of nitrogens with zero attached hydrogens (tertiary/aromatic N) is 1. The molecule has 0 amide bonds. The topological polar surface area (TPSA) is 53.1 Å². The molecule has 2 aromatic carbocycles. The van der Waals surface area contributed by atoms with Crippen LogP contribution in [0.4, 0.5) is 15.8 Å². The van der Waals surface area contributed by atoms with Crippen LogP contribution in [0, 0.1) is 11.2 Å². The summed E-state index contributed by atoms with van der Waals surface area (Å²) >= 11 is 6.02. The zero-order chi connectivity index (χ0) is 14.7. The van der Waals surface area contributed by atoms with Crippen LogP contribution >= 0.6 is 11.6 Å². The Morgan fingerprint density at radius 1 is 1.25 bits per heavy atom. The van der Waals surface area contributed by atoms with Gasteiger partial charge in [0, 0.05) is 17.1 Å². The molecule has 3 N–H and O–H groups in total. The van der Waals surface area contributed by atoms with E-state index in [9.17, 15) is 4.39 Å². The Labute approximate surface area is 122 Å². The van der Waals surface area contributed by atoms with Crippen LogP contribution in [0.3, 0.4) is 0 Å². The number of amidine groups is 1. The van der Waals surface area contributed by atoms with Crippen molar-refractivity contribution in [3.05, 3.63) is 58.9 Å². The van der Waals surface area contributed by atoms with Crippen molar-refractivity contribution < 1.29 is 4.39 Å². The highest BCUT2D eigenvalue weighted by Crippen LogP contribution is 2.32. The van der Waals surface area contributed by atoms with E-state index in [1.807, 2.05) is 6.92 Å². The van der Waals surface area contributed by atoms with Gasteiger partial charge < -0.3 is 10.6 Å². The Bertz CT molecular complexity index is 643. The summed E-state index contributed by atoms with van der Waals surface area (Å²) in [5.74, 6) is -0.407. The first kappa shape index (κ1) is 14.3. The minimum absolute atomic E-state index is 0.0774. The molecule has 0 atom stereocenters. The maximum atomic E-state index is 14.0. The average molecular weight is 292 g/mol. The molecular weight excluding hydrogens is 277 g/mol. The predicted octanol–water partition coefficient (Wildman–Crippen LogP) is 3.92. The van der Waals surface area contributed by atoms with Crippen molar-refractivity contribution in [2.24, 2.45) is 5.73 Å². The molecule has 3 nitrogen and oxygen atoms in total. The van der Waals surface area contributed by atoms with Crippen LogP contribution < -0.4 is 10.6 Å². The number of halogens is 2. The molecule has 0 bridgehead atoms. The van der Waals surface area contributed by atoms with Crippen molar-refractivity contribution in [2.75, 3.05) is 11.4 Å². The van der Waals surface area contributed by atoms with Gasteiger partial charge in [0.2, 0.25) is 0 Å². The van der Waals surface area contributed by atoms with E-state index in [1.165, 1.54) is 6.07 Å². The number of hydrogen-bond acceptors (Lipinski definition) is 2. The van der Waals surface area contributed by atoms with Gasteiger partial charge in [-0.05, 0) is 37.3 Å². The summed E-state index contributed by atoms with van der Waals surface area (Å²) in [6.07, 6.45) is 0. The third-order valence-electron chi connectivity index (χ3n) is 3.00. The third kappa shape index (κ3) is 2.75. The Balaban J connectivity index is 2.60. The zero-order valence-corrected chi connectivity index (χ0v) is 11.8. The maximum absolute atomic E-state index is 14.0. The lowest BCUT2D eigenvalue weighted by molar-refractivity contribution is 0.625. The van der Waals surface area contributed by atoms with Crippen molar-refractivity contribution in [3.8, 4) is 0 Å². The van der Waals surface area contributed by atoms with Gasteiger partial charge in [0.25, 0.3) is 0 Å². The maximum Gasteiger partial charge on any atom is 0.146 e. The summed E-state index contributed by atoms with van der Waals surface area (Å²) in [5, 5.41) is 8.16. The molecule has 20 heavy (non-hydrogen) atoms. The average Bonchev–Trinajstić information content (AvgIpc) is 2.41. The molecule has 0 fully saturated rings. The molecule has 2 aromatic rings. The quantitative estimate of drug-likeness (QED) is 0.662. The van der Waals surface area contributed by atoms with Gasteiger partial charge in [-0.3, -0.25) is 5.41 Å². The van der Waals surface area contributed by atoms with Crippen LogP contribution in [0.5, 0.6) is 0 Å². The molecule has 5 heteroatoms. The molecule has 0 saturated heterocycles. The van der Waals surface area contributed by atoms with Crippen LogP contribution in [0.25, 0.3) is 0 Å². The fourth-order valence-corrected chi connectivity index (χ4v) is 2.26. The van der Waals surface area contributed by atoms with Crippen molar-refractivity contribution >= 4 is 28.8 Å². The van der Waals surface area contributed by atoms with Gasteiger partial charge in [-0.25, -0.2) is 4.39 Å². The van der Waals surface area contributed by atoms with Crippen LogP contribution in [-0.2, 0) is 0 Å². The Morgan fingerprint density at radius 3 is 2.55 bits per heavy atom. The number of benzene rings is 2. The van der Waals surface area contributed by atoms with Crippen LogP contribution in [0.15, 0.2) is 42.5 Å². The van der Waals surface area contributed by atoms with Crippen molar-refractivity contribution in [1.82, 2.24) is 0 Å². The second-order valence-corrected chi connectivity index (χ2v) is 4.71. The minimum atomic E-state index is -0.330. The minimum Gasteiger partial charge on any atom is -0.384 e. The molecule has 0 aliphatic rings. The lowest BCUT2D eigenvalue weighted by atomic mass is 10.1. The molecule has 0 aromatic heterocycles. The standard InChI is InChI=1S/C15H15ClFN3/c1-2-20(13-6-4-3-5-12(13)17)14-9-10(16)7-8-11(14)15(18)19/h3-9H,2H2,1H3,(H3,18,19). The van der Waals surface area contributed by atoms with Gasteiger partial charge in [-0.2, -0.15) is 0 Å². The summed E-state index contributed by atoms with van der Waals surface area (Å²) in [6, 6.07) is 11.5. The molecule has 104 valence electrons. The highest BCUT2D eigenvalue weighted by atomic mass is 35.5. The molecule has 0 unspecified atom stereocenters. The van der Waals surface area contributed by atoms with Gasteiger partial charge in [-0.15, -0.1) is 0 Å². The summed E-state index contributed by atoms with van der Waals surface area (Å²) < 4.78 is 14.0. The van der Waals surface area contributed by atoms with Crippen molar-refractivity contribution in [2.45, 2.75) is 6.92 Å². The molecule has 0 aliphatic carbocycles. The van der Waals surface area contributed by atoms with E-state index in [4.69, 9.17) is 22.7 Å². The number of anilines is 2. The molecule has 0 saturated carbocycles. The SMILES string of the molecule is CCN(c1ccccc1F)c1cc(Cl)ccc1C(=N)N. The molecule has 0 spiro atoms. The largest absolute Gasteiger partial charge is 0.384 e. The molecule has 0 radical (unpaired) electrons. The first-order chi connectivity index (χ1) is 9.54. The summed E-state index contributed by atoms with van der Waals surface area (Å²) in [7, 11) is 0. The Morgan fingerprint density at radius 2 is 1.95 bits per heavy atom.